The van der Waals surface area contributed by atoms with Crippen LogP contribution in [0.1, 0.15) is 39.5 Å². The highest BCUT2D eigenvalue weighted by Crippen LogP contribution is 2.24. The average Bonchev–Trinajstić information content (AvgIpc) is 2.94. The molecule has 1 saturated heterocycles. The van der Waals surface area contributed by atoms with Gasteiger partial charge in [-0.1, -0.05) is 26.7 Å². The molecule has 2 rings (SSSR count). The van der Waals surface area contributed by atoms with E-state index in [1.165, 1.54) is 12.8 Å². The highest BCUT2D eigenvalue weighted by molar-refractivity contribution is 5.78. The molecule has 1 aliphatic heterocycles. The van der Waals surface area contributed by atoms with Crippen LogP contribution in [0.4, 0.5) is 0 Å². The summed E-state index contributed by atoms with van der Waals surface area (Å²) < 4.78 is 0. The van der Waals surface area contributed by atoms with Gasteiger partial charge in [-0.15, -0.1) is 0 Å². The fraction of sp³-hybridized carbons (Fsp3) is 0.938. The Morgan fingerprint density at radius 3 is 2.30 bits per heavy atom. The molecule has 2 aliphatic rings. The third-order valence-electron chi connectivity index (χ3n) is 4.99. The standard InChI is InChI=1S/C16H31N3O/c1-13(2)15(19-10-8-18(3)9-11-19)12-17-16(20)14-6-4-5-7-14/h13-15H,4-12H2,1-3H3,(H,17,20). The summed E-state index contributed by atoms with van der Waals surface area (Å²) in [5.41, 5.74) is 0. The van der Waals surface area contributed by atoms with E-state index in [0.29, 0.717) is 17.9 Å². The Morgan fingerprint density at radius 1 is 1.15 bits per heavy atom. The van der Waals surface area contributed by atoms with Crippen LogP contribution >= 0.6 is 0 Å². The van der Waals surface area contributed by atoms with Crippen LogP contribution in [0.15, 0.2) is 0 Å². The van der Waals surface area contributed by atoms with Gasteiger partial charge in [0.25, 0.3) is 0 Å². The lowest BCUT2D eigenvalue weighted by atomic mass is 10.0. The molecule has 1 aliphatic carbocycles. The van der Waals surface area contributed by atoms with Gasteiger partial charge in [0.2, 0.25) is 5.91 Å². The predicted octanol–water partition coefficient (Wildman–Crippen LogP) is 1.56. The van der Waals surface area contributed by atoms with Crippen molar-refractivity contribution in [1.29, 1.82) is 0 Å². The first-order valence-corrected chi connectivity index (χ1v) is 8.28. The molecular weight excluding hydrogens is 250 g/mol. The Hall–Kier alpha value is -0.610. The summed E-state index contributed by atoms with van der Waals surface area (Å²) in [4.78, 5) is 17.1. The smallest absolute Gasteiger partial charge is 0.223 e. The molecule has 0 spiro atoms. The quantitative estimate of drug-likeness (QED) is 0.831. The van der Waals surface area contributed by atoms with Crippen molar-refractivity contribution in [1.82, 2.24) is 15.1 Å². The van der Waals surface area contributed by atoms with E-state index in [-0.39, 0.29) is 5.92 Å². The van der Waals surface area contributed by atoms with Crippen LogP contribution in [0.25, 0.3) is 0 Å². The summed E-state index contributed by atoms with van der Waals surface area (Å²) in [5.74, 6) is 1.17. The van der Waals surface area contributed by atoms with Crippen molar-refractivity contribution in [2.24, 2.45) is 11.8 Å². The Balaban J connectivity index is 1.81. The molecule has 4 heteroatoms. The van der Waals surface area contributed by atoms with Crippen LogP contribution < -0.4 is 5.32 Å². The molecule has 20 heavy (non-hydrogen) atoms. The van der Waals surface area contributed by atoms with Gasteiger partial charge in [-0.25, -0.2) is 0 Å². The number of carbonyl (C=O) groups is 1. The topological polar surface area (TPSA) is 35.6 Å². The summed E-state index contributed by atoms with van der Waals surface area (Å²) in [6, 6.07) is 0.481. The molecule has 0 radical (unpaired) electrons. The molecule has 0 bridgehead atoms. The average molecular weight is 281 g/mol. The zero-order valence-corrected chi connectivity index (χ0v) is 13.4. The van der Waals surface area contributed by atoms with Crippen LogP contribution in [-0.4, -0.2) is 61.5 Å². The number of likely N-dealkylation sites (N-methyl/N-ethyl adjacent to an activating group) is 1. The zero-order valence-electron chi connectivity index (χ0n) is 13.4. The number of nitrogens with zero attached hydrogens (tertiary/aromatic N) is 2. The lowest BCUT2D eigenvalue weighted by Gasteiger charge is -2.40. The second kappa shape index (κ2) is 7.41. The number of amides is 1. The van der Waals surface area contributed by atoms with Gasteiger partial charge in [-0.3, -0.25) is 9.69 Å². The first-order chi connectivity index (χ1) is 9.58. The molecule has 1 atom stereocenters. The summed E-state index contributed by atoms with van der Waals surface area (Å²) in [6.07, 6.45) is 4.63. The zero-order chi connectivity index (χ0) is 14.5. The molecule has 2 fully saturated rings. The molecule has 1 unspecified atom stereocenters. The van der Waals surface area contributed by atoms with Gasteiger partial charge in [0.15, 0.2) is 0 Å². The first kappa shape index (κ1) is 15.8. The Labute approximate surface area is 123 Å². The molecule has 116 valence electrons. The predicted molar refractivity (Wildman–Crippen MR) is 82.7 cm³/mol. The second-order valence-electron chi connectivity index (χ2n) is 6.88. The van der Waals surface area contributed by atoms with Gasteiger partial charge in [0.05, 0.1) is 0 Å². The molecule has 1 N–H and O–H groups in total. The van der Waals surface area contributed by atoms with Gasteiger partial charge < -0.3 is 10.2 Å². The monoisotopic (exact) mass is 281 g/mol. The van der Waals surface area contributed by atoms with Crippen molar-refractivity contribution in [3.8, 4) is 0 Å². The van der Waals surface area contributed by atoms with Crippen LogP contribution in [-0.2, 0) is 4.79 Å². The fourth-order valence-electron chi connectivity index (χ4n) is 3.48. The van der Waals surface area contributed by atoms with Crippen LogP contribution in [0.3, 0.4) is 0 Å². The Kier molecular flexibility index (Phi) is 5.85. The minimum atomic E-state index is 0.287. The number of piperazine rings is 1. The van der Waals surface area contributed by atoms with E-state index in [1.54, 1.807) is 0 Å². The minimum Gasteiger partial charge on any atom is -0.354 e. The molecular formula is C16H31N3O. The van der Waals surface area contributed by atoms with Gasteiger partial charge in [-0.2, -0.15) is 0 Å². The maximum atomic E-state index is 12.2. The van der Waals surface area contributed by atoms with Crippen molar-refractivity contribution in [3.05, 3.63) is 0 Å². The third kappa shape index (κ3) is 4.19. The Morgan fingerprint density at radius 2 is 1.75 bits per heavy atom. The van der Waals surface area contributed by atoms with Crippen molar-refractivity contribution in [3.63, 3.8) is 0 Å². The molecule has 1 heterocycles. The van der Waals surface area contributed by atoms with Crippen LogP contribution in [0.2, 0.25) is 0 Å². The summed E-state index contributed by atoms with van der Waals surface area (Å²) in [5, 5.41) is 3.22. The van der Waals surface area contributed by atoms with E-state index in [0.717, 1.165) is 45.6 Å². The van der Waals surface area contributed by atoms with E-state index >= 15 is 0 Å². The van der Waals surface area contributed by atoms with Crippen molar-refractivity contribution < 1.29 is 4.79 Å². The highest BCUT2D eigenvalue weighted by Gasteiger charge is 2.27. The van der Waals surface area contributed by atoms with Gasteiger partial charge >= 0.3 is 0 Å². The maximum Gasteiger partial charge on any atom is 0.223 e. The second-order valence-corrected chi connectivity index (χ2v) is 6.88. The number of nitrogens with one attached hydrogen (secondary N) is 1. The lowest BCUT2D eigenvalue weighted by molar-refractivity contribution is -0.125. The molecule has 0 aromatic carbocycles. The van der Waals surface area contributed by atoms with Crippen molar-refractivity contribution in [2.75, 3.05) is 39.8 Å². The van der Waals surface area contributed by atoms with Crippen molar-refractivity contribution in [2.45, 2.75) is 45.6 Å². The van der Waals surface area contributed by atoms with Gasteiger partial charge in [0, 0.05) is 44.7 Å². The summed E-state index contributed by atoms with van der Waals surface area (Å²) >= 11 is 0. The van der Waals surface area contributed by atoms with E-state index in [2.05, 4.69) is 36.0 Å². The summed E-state index contributed by atoms with van der Waals surface area (Å²) in [7, 11) is 2.18. The number of hydrogen-bond donors (Lipinski definition) is 1. The van der Waals surface area contributed by atoms with Gasteiger partial charge in [0.1, 0.15) is 0 Å². The molecule has 4 nitrogen and oxygen atoms in total. The largest absolute Gasteiger partial charge is 0.354 e. The summed E-state index contributed by atoms with van der Waals surface area (Å²) in [6.45, 7) is 9.88. The highest BCUT2D eigenvalue weighted by atomic mass is 16.1. The third-order valence-corrected chi connectivity index (χ3v) is 4.99. The number of carbonyl (C=O) groups excluding carboxylic acids is 1. The minimum absolute atomic E-state index is 0.287. The van der Waals surface area contributed by atoms with Crippen LogP contribution in [0.5, 0.6) is 0 Å². The van der Waals surface area contributed by atoms with E-state index in [1.807, 2.05) is 0 Å². The Bertz CT molecular complexity index is 305. The van der Waals surface area contributed by atoms with Gasteiger partial charge in [-0.05, 0) is 25.8 Å². The van der Waals surface area contributed by atoms with Crippen LogP contribution in [0, 0.1) is 11.8 Å². The van der Waals surface area contributed by atoms with Crippen molar-refractivity contribution >= 4 is 5.91 Å². The number of rotatable bonds is 5. The molecule has 0 aromatic rings. The van der Waals surface area contributed by atoms with E-state index < -0.39 is 0 Å². The fourth-order valence-corrected chi connectivity index (χ4v) is 3.48. The molecule has 1 amide bonds. The first-order valence-electron chi connectivity index (χ1n) is 8.28. The molecule has 0 aromatic heterocycles. The van der Waals surface area contributed by atoms with E-state index in [4.69, 9.17) is 0 Å². The normalized spacial score (nSPS) is 24.2. The number of hydrogen-bond acceptors (Lipinski definition) is 3. The SMILES string of the molecule is CC(C)C(CNC(=O)C1CCCC1)N1CCN(C)CC1. The maximum absolute atomic E-state index is 12.2. The molecule has 1 saturated carbocycles. The lowest BCUT2D eigenvalue weighted by Crippen LogP contribution is -2.54. The van der Waals surface area contributed by atoms with E-state index in [9.17, 15) is 4.79 Å².